The molecule has 0 aromatic carbocycles. The van der Waals surface area contributed by atoms with Crippen LogP contribution in [0.25, 0.3) is 5.57 Å². The highest BCUT2D eigenvalue weighted by molar-refractivity contribution is 5.71. The van der Waals surface area contributed by atoms with Crippen molar-refractivity contribution in [2.24, 2.45) is 11.8 Å². The number of aromatic nitrogens is 1. The first-order chi connectivity index (χ1) is 12.0. The largest absolute Gasteiger partial charge is 0.361 e. The Balaban J connectivity index is 1.71. The van der Waals surface area contributed by atoms with Gasteiger partial charge in [0.15, 0.2) is 0 Å². The van der Waals surface area contributed by atoms with Crippen LogP contribution < -0.4 is 0 Å². The van der Waals surface area contributed by atoms with Gasteiger partial charge in [0.05, 0.1) is 0 Å². The molecular formula is C24H33N. The summed E-state index contributed by atoms with van der Waals surface area (Å²) in [6, 6.07) is 2.45. The quantitative estimate of drug-likeness (QED) is 0.592. The maximum Gasteiger partial charge on any atom is 0.0260 e. The smallest absolute Gasteiger partial charge is 0.0260 e. The minimum Gasteiger partial charge on any atom is -0.361 e. The van der Waals surface area contributed by atoms with Crippen LogP contribution >= 0.6 is 0 Å². The third-order valence-corrected chi connectivity index (χ3v) is 6.60. The molecule has 6 aliphatic rings. The molecule has 1 nitrogen and oxygen atoms in total. The molecule has 0 radical (unpaired) electrons. The van der Waals surface area contributed by atoms with E-state index in [1.807, 2.05) is 0 Å². The van der Waals surface area contributed by atoms with Crippen LogP contribution in [0, 0.1) is 11.8 Å². The average Bonchev–Trinajstić information content (AvgIpc) is 3.02. The number of hydrogen-bond donors (Lipinski definition) is 1. The Morgan fingerprint density at radius 1 is 1.04 bits per heavy atom. The maximum atomic E-state index is 3.82. The minimum absolute atomic E-state index is 0.580. The maximum absolute atomic E-state index is 3.82. The van der Waals surface area contributed by atoms with E-state index in [1.165, 1.54) is 49.8 Å². The van der Waals surface area contributed by atoms with Crippen molar-refractivity contribution in [1.82, 2.24) is 4.98 Å². The van der Waals surface area contributed by atoms with E-state index in [2.05, 4.69) is 57.0 Å². The molecule has 0 spiro atoms. The number of rotatable bonds is 2. The van der Waals surface area contributed by atoms with Crippen LogP contribution in [0.5, 0.6) is 0 Å². The van der Waals surface area contributed by atoms with Gasteiger partial charge in [-0.25, -0.2) is 0 Å². The second-order valence-electron chi connectivity index (χ2n) is 8.97. The average molecular weight is 336 g/mol. The first-order valence-corrected chi connectivity index (χ1v) is 10.3. The van der Waals surface area contributed by atoms with Gasteiger partial charge in [0.25, 0.3) is 0 Å². The van der Waals surface area contributed by atoms with Crippen molar-refractivity contribution in [2.45, 2.75) is 78.1 Å². The first kappa shape index (κ1) is 16.9. The van der Waals surface area contributed by atoms with Crippen LogP contribution in [-0.2, 0) is 0 Å². The highest BCUT2D eigenvalue weighted by Gasteiger charge is 2.28. The highest BCUT2D eigenvalue weighted by Crippen LogP contribution is 2.44. The minimum atomic E-state index is 0.580. The zero-order chi connectivity index (χ0) is 17.6. The second kappa shape index (κ2) is 6.67. The zero-order valence-corrected chi connectivity index (χ0v) is 16.4. The summed E-state index contributed by atoms with van der Waals surface area (Å²) in [7, 11) is 0. The molecule has 0 fully saturated rings. The van der Waals surface area contributed by atoms with E-state index in [1.54, 1.807) is 22.4 Å². The molecular weight excluding hydrogens is 302 g/mol. The number of H-pyrrole nitrogens is 1. The van der Waals surface area contributed by atoms with Gasteiger partial charge < -0.3 is 4.98 Å². The normalized spacial score (nSPS) is 26.1. The molecule has 6 aliphatic carbocycles. The molecule has 4 bridgehead atoms. The predicted octanol–water partition coefficient (Wildman–Crippen LogP) is 7.11. The highest BCUT2D eigenvalue weighted by atomic mass is 14.8. The van der Waals surface area contributed by atoms with Gasteiger partial charge in [0, 0.05) is 17.3 Å². The van der Waals surface area contributed by atoms with Crippen LogP contribution in [0.1, 0.15) is 95.0 Å². The lowest BCUT2D eigenvalue weighted by Crippen LogP contribution is -2.14. The van der Waals surface area contributed by atoms with Crippen molar-refractivity contribution in [3.05, 3.63) is 52.4 Å². The summed E-state index contributed by atoms with van der Waals surface area (Å²) in [4.78, 5) is 3.82. The second-order valence-corrected chi connectivity index (χ2v) is 8.97. The van der Waals surface area contributed by atoms with Gasteiger partial charge in [0.1, 0.15) is 0 Å². The number of aromatic amines is 1. The van der Waals surface area contributed by atoms with E-state index in [4.69, 9.17) is 0 Å². The van der Waals surface area contributed by atoms with Crippen LogP contribution in [-0.4, -0.2) is 4.98 Å². The van der Waals surface area contributed by atoms with Crippen molar-refractivity contribution in [1.29, 1.82) is 0 Å². The Kier molecular flexibility index (Phi) is 4.52. The van der Waals surface area contributed by atoms with Gasteiger partial charge in [-0.15, -0.1) is 0 Å². The summed E-state index contributed by atoms with van der Waals surface area (Å²) in [6.45, 7) is 9.35. The van der Waals surface area contributed by atoms with Crippen molar-refractivity contribution >= 4 is 5.57 Å². The van der Waals surface area contributed by atoms with Crippen LogP contribution in [0.3, 0.4) is 0 Å². The predicted molar refractivity (Wildman–Crippen MR) is 108 cm³/mol. The van der Waals surface area contributed by atoms with Gasteiger partial charge in [-0.05, 0) is 79.1 Å². The fraction of sp³-hybridized carbons (Fsp3) is 0.583. The van der Waals surface area contributed by atoms with Crippen LogP contribution in [0.2, 0.25) is 0 Å². The van der Waals surface area contributed by atoms with Crippen LogP contribution in [0.15, 0.2) is 35.4 Å². The number of hydrogen-bond acceptors (Lipinski definition) is 0. The van der Waals surface area contributed by atoms with Crippen molar-refractivity contribution in [2.75, 3.05) is 0 Å². The number of nitrogens with one attached hydrogen (secondary N) is 1. The fourth-order valence-corrected chi connectivity index (χ4v) is 4.98. The summed E-state index contributed by atoms with van der Waals surface area (Å²) < 4.78 is 0. The summed E-state index contributed by atoms with van der Waals surface area (Å²) in [5.74, 6) is 2.70. The van der Waals surface area contributed by atoms with E-state index in [0.717, 1.165) is 5.92 Å². The van der Waals surface area contributed by atoms with Gasteiger partial charge in [0.2, 0.25) is 0 Å². The third-order valence-electron chi connectivity index (χ3n) is 6.60. The summed E-state index contributed by atoms with van der Waals surface area (Å²) in [6.07, 6.45) is 15.1. The van der Waals surface area contributed by atoms with E-state index in [9.17, 15) is 0 Å². The Bertz CT molecular complexity index is 738. The van der Waals surface area contributed by atoms with E-state index >= 15 is 0 Å². The van der Waals surface area contributed by atoms with Crippen molar-refractivity contribution in [3.8, 4) is 0 Å². The van der Waals surface area contributed by atoms with Gasteiger partial charge in [-0.1, -0.05) is 51.5 Å². The summed E-state index contributed by atoms with van der Waals surface area (Å²) >= 11 is 0. The van der Waals surface area contributed by atoms with Crippen LogP contribution in [0.4, 0.5) is 0 Å². The lowest BCUT2D eigenvalue weighted by atomic mass is 9.76. The third kappa shape index (κ3) is 3.18. The standard InChI is InChI=1S/C24H33N/c1-15(2)21-13-17-5-7-18(21)9-10-19-11-12-20(8-6-17)24-22(19)14-23(25-24)16(3)4/h5,7,11,14-17,20,25H,6,8-10,12-13H2,1-4H3/t17-,20-/m0/s1. The molecule has 0 saturated carbocycles. The van der Waals surface area contributed by atoms with Gasteiger partial charge in [-0.2, -0.15) is 0 Å². The molecule has 1 aromatic heterocycles. The molecule has 0 aliphatic heterocycles. The summed E-state index contributed by atoms with van der Waals surface area (Å²) in [5, 5.41) is 0. The summed E-state index contributed by atoms with van der Waals surface area (Å²) in [5.41, 5.74) is 9.42. The van der Waals surface area contributed by atoms with Crippen molar-refractivity contribution < 1.29 is 0 Å². The zero-order valence-electron chi connectivity index (χ0n) is 16.4. The molecule has 1 N–H and O–H groups in total. The molecule has 0 unspecified atom stereocenters. The van der Waals surface area contributed by atoms with E-state index in [0.29, 0.717) is 17.8 Å². The fourth-order valence-electron chi connectivity index (χ4n) is 4.98. The van der Waals surface area contributed by atoms with Gasteiger partial charge in [-0.3, -0.25) is 0 Å². The van der Waals surface area contributed by atoms with E-state index in [-0.39, 0.29) is 0 Å². The molecule has 25 heavy (non-hydrogen) atoms. The van der Waals surface area contributed by atoms with E-state index < -0.39 is 0 Å². The molecule has 2 atom stereocenters. The number of allylic oxidation sites excluding steroid dienone is 6. The lowest BCUT2D eigenvalue weighted by Gasteiger charge is -2.30. The Labute approximate surface area is 153 Å². The Morgan fingerprint density at radius 2 is 1.88 bits per heavy atom. The Hall–Kier alpha value is -1.50. The molecule has 7 rings (SSSR count). The molecule has 134 valence electrons. The lowest BCUT2D eigenvalue weighted by molar-refractivity contribution is 0.474. The molecule has 1 heteroatoms. The molecule has 1 heterocycles. The van der Waals surface area contributed by atoms with Crippen molar-refractivity contribution in [3.63, 3.8) is 0 Å². The first-order valence-electron chi connectivity index (χ1n) is 10.3. The Morgan fingerprint density at radius 3 is 2.64 bits per heavy atom. The topological polar surface area (TPSA) is 15.8 Å². The molecule has 1 aromatic rings. The molecule has 0 amide bonds. The SMILES string of the molecule is CC(C)C1=C2C=C[C@@H](CC[C@H]3CC=C(CC2)c2cc(C(C)C)[nH]c23)C1. The van der Waals surface area contributed by atoms with Gasteiger partial charge >= 0.3 is 0 Å². The molecule has 0 saturated heterocycles. The monoisotopic (exact) mass is 335 g/mol.